The molecule has 0 bridgehead atoms. The Hall–Kier alpha value is -1.84. The topological polar surface area (TPSA) is 57.6 Å². The van der Waals surface area contributed by atoms with Gasteiger partial charge in [0.2, 0.25) is 5.78 Å². The van der Waals surface area contributed by atoms with Crippen LogP contribution in [0.15, 0.2) is 28.5 Å². The molecule has 4 nitrogen and oxygen atoms in total. The second-order valence-electron chi connectivity index (χ2n) is 3.70. The van der Waals surface area contributed by atoms with E-state index in [-0.39, 0.29) is 10.5 Å². The summed E-state index contributed by atoms with van der Waals surface area (Å²) in [5, 5.41) is 6.58. The minimum absolute atomic E-state index is 0.0859. The molecule has 1 heterocycles. The largest absolute Gasteiger partial charge is 0.449 e. The number of aromatic amines is 1. The second kappa shape index (κ2) is 7.97. The summed E-state index contributed by atoms with van der Waals surface area (Å²) in [6.45, 7) is 1.32. The Balaban J connectivity index is 0.000000534. The van der Waals surface area contributed by atoms with Gasteiger partial charge in [-0.1, -0.05) is 11.6 Å². The van der Waals surface area contributed by atoms with E-state index in [1.165, 1.54) is 12.3 Å². The van der Waals surface area contributed by atoms with Gasteiger partial charge in [-0.3, -0.25) is 4.79 Å². The number of nitrogens with one attached hydrogen (secondary N) is 1. The maximum absolute atomic E-state index is 12.0. The van der Waals surface area contributed by atoms with Gasteiger partial charge < -0.3 is 4.98 Å². The zero-order valence-corrected chi connectivity index (χ0v) is 11.9. The van der Waals surface area contributed by atoms with Crippen LogP contribution in [0.1, 0.15) is 13.8 Å². The van der Waals surface area contributed by atoms with Crippen LogP contribution in [0.2, 0.25) is 5.02 Å². The van der Waals surface area contributed by atoms with Gasteiger partial charge in [-0.25, -0.2) is 0 Å². The fourth-order valence-corrected chi connectivity index (χ4v) is 0.831. The van der Waals surface area contributed by atoms with Crippen molar-refractivity contribution in [2.45, 2.75) is 26.2 Å². The van der Waals surface area contributed by atoms with Gasteiger partial charge in [0.15, 0.2) is 5.49 Å². The van der Waals surface area contributed by atoms with E-state index in [1.807, 2.05) is 0 Å². The molecule has 0 aromatic carbocycles. The molecule has 0 amide bonds. The van der Waals surface area contributed by atoms with Crippen molar-refractivity contribution in [2.24, 2.45) is 10.2 Å². The van der Waals surface area contributed by atoms with E-state index in [0.717, 1.165) is 6.92 Å². The zero-order valence-electron chi connectivity index (χ0n) is 11.2. The van der Waals surface area contributed by atoms with Gasteiger partial charge in [-0.2, -0.15) is 26.3 Å². The lowest BCUT2D eigenvalue weighted by atomic mass is 10.4. The summed E-state index contributed by atoms with van der Waals surface area (Å²) in [7, 11) is 0. The summed E-state index contributed by atoms with van der Waals surface area (Å²) in [6, 6.07) is 3.09. The monoisotopic (exact) mass is 349 g/mol. The molecule has 1 N–H and O–H groups in total. The van der Waals surface area contributed by atoms with Crippen LogP contribution in [0, 0.1) is 0 Å². The van der Waals surface area contributed by atoms with Gasteiger partial charge in [0, 0.05) is 13.1 Å². The van der Waals surface area contributed by atoms with E-state index in [2.05, 4.69) is 15.2 Å². The van der Waals surface area contributed by atoms with Gasteiger partial charge in [0.1, 0.15) is 5.71 Å². The minimum Gasteiger partial charge on any atom is -0.344 e. The molecule has 0 atom stereocenters. The summed E-state index contributed by atoms with van der Waals surface area (Å²) in [5.41, 5.74) is -0.946. The van der Waals surface area contributed by atoms with Crippen molar-refractivity contribution in [1.29, 1.82) is 0 Å². The molecule has 1 rings (SSSR count). The van der Waals surface area contributed by atoms with Gasteiger partial charge >= 0.3 is 12.4 Å². The van der Waals surface area contributed by atoms with Crippen molar-refractivity contribution in [3.05, 3.63) is 28.8 Å². The summed E-state index contributed by atoms with van der Waals surface area (Å²) >= 11 is 5.65. The van der Waals surface area contributed by atoms with Crippen LogP contribution in [0.4, 0.5) is 26.3 Å². The number of carbonyl (C=O) groups excluding carboxylic acids is 1. The van der Waals surface area contributed by atoms with E-state index in [1.54, 1.807) is 6.07 Å². The average Bonchev–Trinajstić information content (AvgIpc) is 2.36. The number of carbonyl (C=O) groups is 1. The van der Waals surface area contributed by atoms with E-state index < -0.39 is 23.8 Å². The number of hydrogen-bond donors (Lipinski definition) is 1. The molecule has 0 saturated carbocycles. The van der Waals surface area contributed by atoms with Gasteiger partial charge in [-0.15, -0.1) is 10.2 Å². The Morgan fingerprint density at radius 2 is 1.64 bits per heavy atom. The SMILES string of the molecule is CC(=NN=c1[nH]cccc1Cl)C(F)(F)F.CC(=O)C(F)(F)F. The smallest absolute Gasteiger partial charge is 0.344 e. The third-order valence-electron chi connectivity index (χ3n) is 1.89. The number of ketones is 1. The molecule has 1 aromatic rings. The van der Waals surface area contributed by atoms with E-state index >= 15 is 0 Å². The molecular formula is C11H10ClF6N3O. The van der Waals surface area contributed by atoms with Gasteiger partial charge in [0.25, 0.3) is 0 Å². The number of hydrogen-bond acceptors (Lipinski definition) is 3. The fourth-order valence-electron chi connectivity index (χ4n) is 0.666. The molecule has 22 heavy (non-hydrogen) atoms. The summed E-state index contributed by atoms with van der Waals surface area (Å²) in [4.78, 5) is 11.9. The highest BCUT2D eigenvalue weighted by Crippen LogP contribution is 2.16. The standard InChI is InChI=1S/C8H7ClF3N3.C3H3F3O/c1-5(8(10,11)12)14-15-7-6(9)3-2-4-13-7;1-2(7)3(4,5)6/h2-4H,1H3,(H,13,15);1H3. The number of alkyl halides is 6. The molecule has 0 aliphatic heterocycles. The lowest BCUT2D eigenvalue weighted by Crippen LogP contribution is -2.19. The Labute approximate surface area is 125 Å². The number of pyridine rings is 1. The molecule has 11 heteroatoms. The van der Waals surface area contributed by atoms with Gasteiger partial charge in [-0.05, 0) is 19.1 Å². The Morgan fingerprint density at radius 1 is 1.14 bits per heavy atom. The first kappa shape index (κ1) is 20.2. The molecular weight excluding hydrogens is 340 g/mol. The molecule has 0 fully saturated rings. The predicted octanol–water partition coefficient (Wildman–Crippen LogP) is 3.64. The third kappa shape index (κ3) is 7.81. The van der Waals surface area contributed by atoms with Crippen LogP contribution in [-0.4, -0.2) is 28.8 Å². The predicted molar refractivity (Wildman–Crippen MR) is 67.3 cm³/mol. The van der Waals surface area contributed by atoms with Crippen molar-refractivity contribution >= 4 is 23.1 Å². The highest BCUT2D eigenvalue weighted by Gasteiger charge is 2.33. The second-order valence-corrected chi connectivity index (χ2v) is 4.11. The van der Waals surface area contributed by atoms with Crippen molar-refractivity contribution in [1.82, 2.24) is 4.98 Å². The maximum atomic E-state index is 12.0. The van der Waals surface area contributed by atoms with Crippen molar-refractivity contribution in [2.75, 3.05) is 0 Å². The number of aromatic nitrogens is 1. The van der Waals surface area contributed by atoms with Crippen LogP contribution in [-0.2, 0) is 4.79 Å². The first-order valence-electron chi connectivity index (χ1n) is 5.42. The number of Topliss-reactive ketones (excluding diaryl/α,β-unsaturated/α-hetero) is 1. The highest BCUT2D eigenvalue weighted by atomic mass is 35.5. The Kier molecular flexibility index (Phi) is 7.30. The molecule has 0 unspecified atom stereocenters. The highest BCUT2D eigenvalue weighted by molar-refractivity contribution is 6.30. The molecule has 0 aliphatic rings. The van der Waals surface area contributed by atoms with Crippen molar-refractivity contribution < 1.29 is 31.1 Å². The lowest BCUT2D eigenvalue weighted by molar-refractivity contribution is -0.168. The lowest BCUT2D eigenvalue weighted by Gasteiger charge is -2.01. The maximum Gasteiger partial charge on any atom is 0.449 e. The first-order chi connectivity index (χ1) is 9.85. The molecule has 0 radical (unpaired) electrons. The van der Waals surface area contributed by atoms with Crippen LogP contribution in [0.25, 0.3) is 0 Å². The van der Waals surface area contributed by atoms with Crippen molar-refractivity contribution in [3.8, 4) is 0 Å². The molecule has 0 saturated heterocycles. The Bertz CT molecular complexity index is 603. The number of halogens is 7. The number of rotatable bonds is 1. The quantitative estimate of drug-likeness (QED) is 0.469. The number of H-pyrrole nitrogens is 1. The van der Waals surface area contributed by atoms with Crippen molar-refractivity contribution in [3.63, 3.8) is 0 Å². The van der Waals surface area contributed by atoms with E-state index in [0.29, 0.717) is 6.92 Å². The normalized spacial score (nSPS) is 13.5. The van der Waals surface area contributed by atoms with Crippen LogP contribution < -0.4 is 5.49 Å². The van der Waals surface area contributed by atoms with Crippen LogP contribution >= 0.6 is 11.6 Å². The molecule has 1 aromatic heterocycles. The summed E-state index contributed by atoms with van der Waals surface area (Å²) in [6.07, 6.45) is -7.62. The molecule has 124 valence electrons. The average molecular weight is 350 g/mol. The van der Waals surface area contributed by atoms with Gasteiger partial charge in [0.05, 0.1) is 5.02 Å². The molecule has 0 aliphatic carbocycles. The van der Waals surface area contributed by atoms with Crippen LogP contribution in [0.5, 0.6) is 0 Å². The van der Waals surface area contributed by atoms with E-state index in [4.69, 9.17) is 11.6 Å². The van der Waals surface area contributed by atoms with Crippen LogP contribution in [0.3, 0.4) is 0 Å². The van der Waals surface area contributed by atoms with E-state index in [9.17, 15) is 31.1 Å². The summed E-state index contributed by atoms with van der Waals surface area (Å²) in [5.74, 6) is -1.76. The minimum atomic E-state index is -4.64. The zero-order chi connectivity index (χ0) is 17.6. The first-order valence-corrected chi connectivity index (χ1v) is 5.80. The molecule has 0 spiro atoms. The fraction of sp³-hybridized carbons (Fsp3) is 0.364. The third-order valence-corrected chi connectivity index (χ3v) is 2.20. The summed E-state index contributed by atoms with van der Waals surface area (Å²) < 4.78 is 68.5. The Morgan fingerprint density at radius 3 is 2.00 bits per heavy atom. The number of nitrogens with zero attached hydrogens (tertiary/aromatic N) is 2.